The number of carbonyl (C=O) groups excluding carboxylic acids is 6. The van der Waals surface area contributed by atoms with Crippen molar-refractivity contribution in [2.24, 2.45) is 27.6 Å². The van der Waals surface area contributed by atoms with Gasteiger partial charge in [0, 0.05) is 24.8 Å². The number of alkyl halides is 2. The number of aromatic hydroxyl groups is 1. The lowest BCUT2D eigenvalue weighted by Crippen LogP contribution is -2.44. The van der Waals surface area contributed by atoms with Gasteiger partial charge in [0.25, 0.3) is 0 Å². The SMILES string of the molecule is CCC(C)(C)C(=O)OC(C)C(F)(F)S(=O)(=O)[O-].CCC(C)(C)C(=O)OC1(C)Cc2ccccc2C1.CCC(C)(C)C(=O)OC1C2CC3C(=O)OC1C3O2.CCC(C)(C)C(=O)OC1Cc2cc(O)ccc2OC1=O.c1ccc([S+](c2ccccc2)c2ccccc2)cc1. The van der Waals surface area contributed by atoms with Gasteiger partial charge in [0.15, 0.2) is 43.1 Å². The van der Waals surface area contributed by atoms with Crippen LogP contribution in [-0.4, -0.2) is 101 Å². The molecule has 5 aliphatic rings. The Morgan fingerprint density at radius 1 is 0.630 bits per heavy atom. The summed E-state index contributed by atoms with van der Waals surface area (Å²) < 4.78 is 93.9. The van der Waals surface area contributed by atoms with Crippen LogP contribution in [0.25, 0.3) is 0 Å². The average Bonchev–Trinajstić information content (AvgIpc) is 1.57. The number of halogens is 2. The molecular weight excluding hydrogens is 1230 g/mol. The van der Waals surface area contributed by atoms with Crippen molar-refractivity contribution in [3.63, 3.8) is 0 Å². The molecule has 21 heteroatoms. The Morgan fingerprint density at radius 2 is 1.07 bits per heavy atom. The van der Waals surface area contributed by atoms with Gasteiger partial charge in [-0.05, 0) is 167 Å². The molecule has 17 nitrogen and oxygen atoms in total. The van der Waals surface area contributed by atoms with E-state index in [0.717, 1.165) is 19.3 Å². The zero-order chi connectivity index (χ0) is 68.4. The van der Waals surface area contributed by atoms with E-state index in [-0.39, 0.29) is 64.7 Å². The normalized spacial score (nSPS) is 20.4. The number of phenolic OH excluding ortho intramolecular Hbond substituents is 1. The van der Waals surface area contributed by atoms with Crippen molar-refractivity contribution in [3.05, 3.63) is 150 Å². The van der Waals surface area contributed by atoms with E-state index in [1.165, 1.54) is 57.9 Å². The molecule has 0 amide bonds. The smallest absolute Gasteiger partial charge is 0.369 e. The molecule has 0 aromatic heterocycles. The number of ether oxygens (including phenoxy) is 7. The van der Waals surface area contributed by atoms with E-state index in [4.69, 9.17) is 28.4 Å². The molecule has 1 N–H and O–H groups in total. The fraction of sp³-hybridized carbons (Fsp3) is 0.493. The van der Waals surface area contributed by atoms with E-state index in [9.17, 15) is 55.6 Å². The summed E-state index contributed by atoms with van der Waals surface area (Å²) in [6.45, 7) is 24.3. The third-order valence-corrected chi connectivity index (χ3v) is 20.8. The predicted octanol–water partition coefficient (Wildman–Crippen LogP) is 13.0. The van der Waals surface area contributed by atoms with E-state index in [1.54, 1.807) is 20.8 Å². The second kappa shape index (κ2) is 30.3. The molecule has 5 aromatic carbocycles. The molecule has 5 aromatic rings. The molecule has 0 spiro atoms. The van der Waals surface area contributed by atoms with Gasteiger partial charge in [-0.25, -0.2) is 13.2 Å². The maximum absolute atomic E-state index is 13.0. The van der Waals surface area contributed by atoms with Gasteiger partial charge < -0.3 is 42.8 Å². The van der Waals surface area contributed by atoms with E-state index in [0.29, 0.717) is 43.9 Å². The zero-order valence-corrected chi connectivity index (χ0v) is 56.6. The number of esters is 6. The summed E-state index contributed by atoms with van der Waals surface area (Å²) in [6, 6.07) is 45.0. The molecule has 2 bridgehead atoms. The highest BCUT2D eigenvalue weighted by Gasteiger charge is 2.65. The first kappa shape index (κ1) is 73.8. The number of phenols is 1. The van der Waals surface area contributed by atoms with Gasteiger partial charge in [-0.3, -0.25) is 24.0 Å². The van der Waals surface area contributed by atoms with Gasteiger partial charge in [0.05, 0.1) is 44.6 Å². The second-order valence-corrected chi connectivity index (χ2v) is 29.8. The minimum atomic E-state index is -5.86. The molecule has 0 saturated carbocycles. The Kier molecular flexibility index (Phi) is 24.3. The number of benzene rings is 5. The van der Waals surface area contributed by atoms with Gasteiger partial charge in [-0.2, -0.15) is 8.78 Å². The molecule has 7 unspecified atom stereocenters. The van der Waals surface area contributed by atoms with Crippen LogP contribution < -0.4 is 4.74 Å². The Hall–Kier alpha value is -7.20. The van der Waals surface area contributed by atoms with E-state index in [1.807, 2.05) is 67.5 Å². The average molecular weight is 1320 g/mol. The highest BCUT2D eigenvalue weighted by atomic mass is 32.2. The summed E-state index contributed by atoms with van der Waals surface area (Å²) >= 11 is 0. The van der Waals surface area contributed by atoms with Crippen LogP contribution in [0.3, 0.4) is 0 Å². The van der Waals surface area contributed by atoms with Crippen LogP contribution in [0.15, 0.2) is 148 Å². The summed E-state index contributed by atoms with van der Waals surface area (Å²) in [6.07, 6.45) is 0.481. The quantitative estimate of drug-likeness (QED) is 0.0299. The molecule has 0 radical (unpaired) electrons. The Morgan fingerprint density at radius 3 is 1.52 bits per heavy atom. The molecular formula is C71H88F2O17S2. The van der Waals surface area contributed by atoms with Crippen molar-refractivity contribution in [3.8, 4) is 11.5 Å². The van der Waals surface area contributed by atoms with Crippen LogP contribution in [0.5, 0.6) is 11.5 Å². The maximum atomic E-state index is 13.0. The van der Waals surface area contributed by atoms with Crippen molar-refractivity contribution in [1.29, 1.82) is 0 Å². The van der Waals surface area contributed by atoms with Crippen molar-refractivity contribution < 1.29 is 88.8 Å². The van der Waals surface area contributed by atoms with Crippen molar-refractivity contribution in [2.45, 2.75) is 210 Å². The first-order valence-electron chi connectivity index (χ1n) is 31.0. The van der Waals surface area contributed by atoms with E-state index >= 15 is 0 Å². The number of carbonyl (C=O) groups is 6. The van der Waals surface area contributed by atoms with E-state index in [2.05, 4.69) is 108 Å². The predicted molar refractivity (Wildman–Crippen MR) is 340 cm³/mol. The standard InChI is InChI=1S/C18H15S.C16H22O2.C15H18O5.C13H18O5.C9H16F2O5S/c1-4-10-16(11-5-1)19(17-12-6-2-7-13-17)18-14-8-3-9-15-18;1-5-15(2,3)14(17)18-16(4)10-12-8-6-7-9-13(12)11-16;1-4-15(2,3)14(18)20-12-8-9-7-10(16)5-6-11(9)19-13(12)17;1-4-13(2,3)12(15)18-9-7-5-6-8(16-7)10(9)17-11(6)14;1-5-8(3,4)7(12)16-6(2)9(10,11)17(13,14)15/h1-15H;6-9H,5,10-11H2,1-4H3;5-7,12,16H,4,8H2,1-3H3;6-10H,4-5H2,1-3H3;6H,5H2,1-4H3,(H,13,14,15)/q+1;;;;/p-1. The summed E-state index contributed by atoms with van der Waals surface area (Å²) in [5.74, 6) is -2.18. The molecule has 10 rings (SSSR count). The Labute approximate surface area is 542 Å². The largest absolute Gasteiger partial charge is 0.743 e. The van der Waals surface area contributed by atoms with Crippen LogP contribution >= 0.6 is 0 Å². The van der Waals surface area contributed by atoms with Gasteiger partial charge in [-0.1, -0.05) is 107 Å². The first-order valence-corrected chi connectivity index (χ1v) is 33.6. The minimum Gasteiger partial charge on any atom is -0.743 e. The molecule has 1 aliphatic carbocycles. The van der Waals surface area contributed by atoms with Crippen molar-refractivity contribution in [1.82, 2.24) is 0 Å². The maximum Gasteiger partial charge on any atom is 0.369 e. The van der Waals surface area contributed by atoms with Crippen LogP contribution in [0, 0.1) is 27.6 Å². The summed E-state index contributed by atoms with van der Waals surface area (Å²) in [7, 11) is -5.87. The monoisotopic (exact) mass is 1310 g/mol. The fourth-order valence-corrected chi connectivity index (χ4v) is 12.3. The molecule has 92 heavy (non-hydrogen) atoms. The lowest BCUT2D eigenvalue weighted by atomic mass is 9.87. The number of rotatable bonds is 17. The molecule has 3 fully saturated rings. The van der Waals surface area contributed by atoms with Crippen LogP contribution in [0.2, 0.25) is 0 Å². The summed E-state index contributed by atoms with van der Waals surface area (Å²) in [5, 5.41) is 4.81. The van der Waals surface area contributed by atoms with Gasteiger partial charge in [0.1, 0.15) is 23.2 Å². The summed E-state index contributed by atoms with van der Waals surface area (Å²) in [4.78, 5) is 75.1. The molecule has 7 atom stereocenters. The van der Waals surface area contributed by atoms with Crippen LogP contribution in [-0.2, 0) is 97.5 Å². The first-order chi connectivity index (χ1) is 42.9. The Bertz CT molecular complexity index is 3370. The molecule has 3 saturated heterocycles. The lowest BCUT2D eigenvalue weighted by molar-refractivity contribution is -0.170. The fourth-order valence-electron chi connectivity index (χ4n) is 9.78. The zero-order valence-electron chi connectivity index (χ0n) is 55.0. The van der Waals surface area contributed by atoms with E-state index < -0.39 is 79.4 Å². The van der Waals surface area contributed by atoms with Gasteiger partial charge in [0.2, 0.25) is 6.10 Å². The number of hydrogen-bond acceptors (Lipinski definition) is 17. The Balaban J connectivity index is 0.000000183. The third kappa shape index (κ3) is 18.1. The van der Waals surface area contributed by atoms with Crippen LogP contribution in [0.4, 0.5) is 8.78 Å². The number of hydrogen-bond donors (Lipinski definition) is 1. The van der Waals surface area contributed by atoms with Crippen LogP contribution in [0.1, 0.15) is 146 Å². The molecule has 500 valence electrons. The topological polar surface area (TPSA) is 244 Å². The van der Waals surface area contributed by atoms with Crippen molar-refractivity contribution in [2.75, 3.05) is 0 Å². The van der Waals surface area contributed by atoms with Crippen molar-refractivity contribution >= 4 is 56.8 Å². The van der Waals surface area contributed by atoms with Gasteiger partial charge >= 0.3 is 41.1 Å². The highest BCUT2D eigenvalue weighted by Crippen LogP contribution is 2.48. The minimum absolute atomic E-state index is 0.0146. The summed E-state index contributed by atoms with van der Waals surface area (Å²) in [5.41, 5.74) is 0.339. The molecule has 4 heterocycles. The third-order valence-electron chi connectivity index (χ3n) is 17.6. The lowest BCUT2D eigenvalue weighted by Gasteiger charge is -2.30. The highest BCUT2D eigenvalue weighted by molar-refractivity contribution is 7.97. The number of fused-ring (bicyclic) bond motifs is 3. The molecule has 4 aliphatic heterocycles. The second-order valence-electron chi connectivity index (χ2n) is 26.3. The van der Waals surface area contributed by atoms with Gasteiger partial charge in [-0.15, -0.1) is 0 Å².